The van der Waals surface area contributed by atoms with Gasteiger partial charge in [-0.3, -0.25) is 9.20 Å². The number of hydrogen-bond acceptors (Lipinski definition) is 4. The molecule has 0 atom stereocenters. The normalized spacial score (nSPS) is 11.4. The van der Waals surface area contributed by atoms with Crippen LogP contribution in [0.4, 0.5) is 4.39 Å². The number of carbonyl (C=O) groups excluding carboxylic acids is 1. The van der Waals surface area contributed by atoms with Crippen molar-refractivity contribution in [3.8, 4) is 5.69 Å². The first-order valence-corrected chi connectivity index (χ1v) is 7.52. The number of hydrogen-bond donors (Lipinski definition) is 0. The summed E-state index contributed by atoms with van der Waals surface area (Å²) in [6.07, 6.45) is 11.2. The van der Waals surface area contributed by atoms with E-state index >= 15 is 0 Å². The fourth-order valence-corrected chi connectivity index (χ4v) is 2.40. The zero-order valence-corrected chi connectivity index (χ0v) is 13.0. The van der Waals surface area contributed by atoms with E-state index in [1.54, 1.807) is 65.7 Å². The minimum Gasteiger partial charge on any atom is -0.290 e. The predicted octanol–water partition coefficient (Wildman–Crippen LogP) is 2.95. The van der Waals surface area contributed by atoms with Crippen LogP contribution in [0.1, 0.15) is 16.1 Å². The van der Waals surface area contributed by atoms with E-state index in [0.29, 0.717) is 22.7 Å². The molecular formula is C18H12FN5O. The van der Waals surface area contributed by atoms with Crippen LogP contribution in [0.2, 0.25) is 0 Å². The molecule has 0 aliphatic heterocycles. The molecule has 0 N–H and O–H groups in total. The fraction of sp³-hybridized carbons (Fsp3) is 0. The standard InChI is InChI=1S/C18H12FN5O/c19-14-4-1-2-5-16(14)24-11-13(10-21-24)6-7-17(25)15-12-23-9-3-8-20-18(23)22-15/h1-12H. The number of allylic oxidation sites excluding steroid dienone is 1. The molecule has 0 amide bonds. The zero-order valence-electron chi connectivity index (χ0n) is 13.0. The maximum Gasteiger partial charge on any atom is 0.234 e. The number of fused-ring (bicyclic) bond motifs is 1. The number of ketones is 1. The van der Waals surface area contributed by atoms with Gasteiger partial charge in [0.2, 0.25) is 11.6 Å². The molecule has 122 valence electrons. The summed E-state index contributed by atoms with van der Waals surface area (Å²) in [6, 6.07) is 8.11. The van der Waals surface area contributed by atoms with E-state index < -0.39 is 0 Å². The molecular weight excluding hydrogens is 321 g/mol. The van der Waals surface area contributed by atoms with Crippen LogP contribution in [-0.4, -0.2) is 29.9 Å². The van der Waals surface area contributed by atoms with Crippen LogP contribution < -0.4 is 0 Å². The monoisotopic (exact) mass is 333 g/mol. The second kappa shape index (κ2) is 6.12. The predicted molar refractivity (Wildman–Crippen MR) is 89.9 cm³/mol. The van der Waals surface area contributed by atoms with E-state index in [0.717, 1.165) is 0 Å². The Morgan fingerprint density at radius 1 is 1.16 bits per heavy atom. The average Bonchev–Trinajstić information content (AvgIpc) is 3.27. The molecule has 0 fully saturated rings. The molecule has 6 nitrogen and oxygen atoms in total. The van der Waals surface area contributed by atoms with Gasteiger partial charge in [-0.2, -0.15) is 5.10 Å². The lowest BCUT2D eigenvalue weighted by Gasteiger charge is -2.01. The van der Waals surface area contributed by atoms with E-state index in [9.17, 15) is 9.18 Å². The maximum atomic E-state index is 13.8. The lowest BCUT2D eigenvalue weighted by Crippen LogP contribution is -1.97. The van der Waals surface area contributed by atoms with Gasteiger partial charge in [-0.05, 0) is 30.4 Å². The van der Waals surface area contributed by atoms with Crippen LogP contribution in [0.3, 0.4) is 0 Å². The highest BCUT2D eigenvalue weighted by Gasteiger charge is 2.09. The third-order valence-corrected chi connectivity index (χ3v) is 3.62. The van der Waals surface area contributed by atoms with Crippen molar-refractivity contribution in [3.63, 3.8) is 0 Å². The van der Waals surface area contributed by atoms with Crippen LogP contribution in [0.15, 0.2) is 67.4 Å². The smallest absolute Gasteiger partial charge is 0.234 e. The van der Waals surface area contributed by atoms with Crippen molar-refractivity contribution in [2.24, 2.45) is 0 Å². The second-order valence-corrected chi connectivity index (χ2v) is 5.32. The molecule has 3 aromatic heterocycles. The number of imidazole rings is 1. The van der Waals surface area contributed by atoms with Gasteiger partial charge in [0, 0.05) is 30.4 Å². The molecule has 1 aromatic carbocycles. The molecule has 0 bridgehead atoms. The van der Waals surface area contributed by atoms with Crippen LogP contribution >= 0.6 is 0 Å². The number of carbonyl (C=O) groups is 1. The zero-order chi connectivity index (χ0) is 17.2. The first-order valence-electron chi connectivity index (χ1n) is 7.52. The summed E-state index contributed by atoms with van der Waals surface area (Å²) >= 11 is 0. The molecule has 0 unspecified atom stereocenters. The Balaban J connectivity index is 1.56. The number of benzene rings is 1. The summed E-state index contributed by atoms with van der Waals surface area (Å²) in [4.78, 5) is 20.5. The Kier molecular flexibility index (Phi) is 3.66. The Morgan fingerprint density at radius 3 is 2.88 bits per heavy atom. The Bertz CT molecular complexity index is 1060. The number of aromatic nitrogens is 5. The summed E-state index contributed by atoms with van der Waals surface area (Å²) in [6.45, 7) is 0. The minimum atomic E-state index is -0.366. The minimum absolute atomic E-state index is 0.246. The molecule has 0 aliphatic carbocycles. The molecule has 7 heteroatoms. The summed E-state index contributed by atoms with van der Waals surface area (Å²) in [5.74, 6) is -0.148. The topological polar surface area (TPSA) is 65.1 Å². The fourth-order valence-electron chi connectivity index (χ4n) is 2.40. The molecule has 0 spiro atoms. The molecule has 4 rings (SSSR count). The average molecular weight is 333 g/mol. The summed E-state index contributed by atoms with van der Waals surface area (Å²) in [7, 11) is 0. The number of halogens is 1. The van der Waals surface area contributed by atoms with Crippen LogP contribution in [0, 0.1) is 5.82 Å². The SMILES string of the molecule is O=C(C=Cc1cnn(-c2ccccc2F)c1)c1cn2cccnc2n1. The van der Waals surface area contributed by atoms with Crippen molar-refractivity contribution in [3.05, 3.63) is 84.5 Å². The van der Waals surface area contributed by atoms with E-state index in [2.05, 4.69) is 15.1 Å². The number of para-hydroxylation sites is 1. The Hall–Kier alpha value is -3.61. The van der Waals surface area contributed by atoms with Crippen molar-refractivity contribution >= 4 is 17.6 Å². The molecule has 0 saturated carbocycles. The van der Waals surface area contributed by atoms with Crippen LogP contribution in [0.5, 0.6) is 0 Å². The maximum absolute atomic E-state index is 13.8. The molecule has 3 heterocycles. The summed E-state index contributed by atoms with van der Waals surface area (Å²) in [5.41, 5.74) is 1.33. The van der Waals surface area contributed by atoms with Gasteiger partial charge in [0.15, 0.2) is 0 Å². The van der Waals surface area contributed by atoms with Gasteiger partial charge in [0.25, 0.3) is 0 Å². The van der Waals surface area contributed by atoms with Crippen LogP contribution in [0.25, 0.3) is 17.5 Å². The number of rotatable bonds is 4. The van der Waals surface area contributed by atoms with E-state index in [4.69, 9.17) is 0 Å². The van der Waals surface area contributed by atoms with Crippen molar-refractivity contribution < 1.29 is 9.18 Å². The van der Waals surface area contributed by atoms with Gasteiger partial charge >= 0.3 is 0 Å². The van der Waals surface area contributed by atoms with Gasteiger partial charge in [-0.15, -0.1) is 0 Å². The third kappa shape index (κ3) is 2.94. The van der Waals surface area contributed by atoms with Gasteiger partial charge in [0.1, 0.15) is 17.2 Å². The lowest BCUT2D eigenvalue weighted by atomic mass is 10.2. The van der Waals surface area contributed by atoms with E-state index in [1.165, 1.54) is 16.8 Å². The van der Waals surface area contributed by atoms with Crippen molar-refractivity contribution in [2.45, 2.75) is 0 Å². The molecule has 0 aliphatic rings. The third-order valence-electron chi connectivity index (χ3n) is 3.62. The van der Waals surface area contributed by atoms with Gasteiger partial charge in [-0.25, -0.2) is 19.0 Å². The molecule has 25 heavy (non-hydrogen) atoms. The Morgan fingerprint density at radius 2 is 2.04 bits per heavy atom. The lowest BCUT2D eigenvalue weighted by molar-refractivity contribution is 0.104. The quantitative estimate of drug-likeness (QED) is 0.425. The van der Waals surface area contributed by atoms with Gasteiger partial charge < -0.3 is 0 Å². The van der Waals surface area contributed by atoms with Gasteiger partial charge in [-0.1, -0.05) is 12.1 Å². The van der Waals surface area contributed by atoms with E-state index in [1.807, 2.05) is 0 Å². The summed E-state index contributed by atoms with van der Waals surface area (Å²) < 4.78 is 16.9. The van der Waals surface area contributed by atoms with Crippen molar-refractivity contribution in [1.29, 1.82) is 0 Å². The van der Waals surface area contributed by atoms with Gasteiger partial charge in [0.05, 0.1) is 6.20 Å². The first kappa shape index (κ1) is 14.9. The van der Waals surface area contributed by atoms with E-state index in [-0.39, 0.29) is 11.6 Å². The highest BCUT2D eigenvalue weighted by molar-refractivity contribution is 6.05. The molecule has 4 aromatic rings. The molecule has 0 radical (unpaired) electrons. The van der Waals surface area contributed by atoms with Crippen LogP contribution in [-0.2, 0) is 0 Å². The van der Waals surface area contributed by atoms with Crippen molar-refractivity contribution in [1.82, 2.24) is 24.1 Å². The highest BCUT2D eigenvalue weighted by Crippen LogP contribution is 2.13. The number of nitrogens with zero attached hydrogens (tertiary/aromatic N) is 5. The largest absolute Gasteiger partial charge is 0.290 e. The first-order chi connectivity index (χ1) is 12.2. The second-order valence-electron chi connectivity index (χ2n) is 5.32. The van der Waals surface area contributed by atoms with Crippen molar-refractivity contribution in [2.75, 3.05) is 0 Å². The molecule has 0 saturated heterocycles. The Labute approximate surface area is 141 Å². The summed E-state index contributed by atoms with van der Waals surface area (Å²) in [5, 5.41) is 4.12. The highest BCUT2D eigenvalue weighted by atomic mass is 19.1.